The first kappa shape index (κ1) is 12.0. The quantitative estimate of drug-likeness (QED) is 0.586. The topological polar surface area (TPSA) is 47.6 Å². The highest BCUT2D eigenvalue weighted by atomic mass is 14.3. The molecule has 0 saturated heterocycles. The molecule has 0 aliphatic rings. The van der Waals surface area contributed by atoms with E-state index in [9.17, 15) is 0 Å². The number of nitriles is 2. The van der Waals surface area contributed by atoms with E-state index in [1.54, 1.807) is 0 Å². The van der Waals surface area contributed by atoms with Crippen molar-refractivity contribution in [3.05, 3.63) is 0 Å². The first-order valence-electron chi connectivity index (χ1n) is 5.03. The van der Waals surface area contributed by atoms with Gasteiger partial charge in [-0.15, -0.1) is 0 Å². The summed E-state index contributed by atoms with van der Waals surface area (Å²) in [4.78, 5) is 0. The predicted octanol–water partition coefficient (Wildman–Crippen LogP) is 3.26. The maximum atomic E-state index is 8.68. The molecule has 0 spiro atoms. The van der Waals surface area contributed by atoms with E-state index in [-0.39, 0.29) is 11.8 Å². The molecule has 0 saturated carbocycles. The Bertz CT molecular complexity index is 197. The second-order valence-corrected chi connectivity index (χ2v) is 3.55. The summed E-state index contributed by atoms with van der Waals surface area (Å²) in [6.45, 7) is 3.99. The van der Waals surface area contributed by atoms with Gasteiger partial charge in [-0.05, 0) is 26.2 Å². The van der Waals surface area contributed by atoms with Crippen molar-refractivity contribution in [2.24, 2.45) is 11.8 Å². The molecule has 72 valence electrons. The van der Waals surface area contributed by atoms with E-state index in [1.165, 1.54) is 0 Å². The Morgan fingerprint density at radius 3 is 2.15 bits per heavy atom. The number of rotatable bonds is 6. The van der Waals surface area contributed by atoms with Crippen LogP contribution in [0.2, 0.25) is 0 Å². The van der Waals surface area contributed by atoms with E-state index in [2.05, 4.69) is 12.1 Å². The molecule has 0 N–H and O–H groups in total. The highest BCUT2D eigenvalue weighted by Crippen LogP contribution is 2.14. The van der Waals surface area contributed by atoms with Crippen LogP contribution in [0.4, 0.5) is 0 Å². The fraction of sp³-hybridized carbons (Fsp3) is 0.818. The monoisotopic (exact) mass is 178 g/mol. The van der Waals surface area contributed by atoms with Crippen LogP contribution in [0.5, 0.6) is 0 Å². The molecular formula is C11H18N2. The third-order valence-electron chi connectivity index (χ3n) is 2.34. The molecule has 0 radical (unpaired) electrons. The molecule has 0 aromatic heterocycles. The van der Waals surface area contributed by atoms with Gasteiger partial charge in [0.05, 0.1) is 12.1 Å². The van der Waals surface area contributed by atoms with Crippen LogP contribution in [-0.4, -0.2) is 0 Å². The molecule has 0 aromatic rings. The van der Waals surface area contributed by atoms with E-state index in [4.69, 9.17) is 10.5 Å². The van der Waals surface area contributed by atoms with E-state index in [0.29, 0.717) is 0 Å². The molecule has 13 heavy (non-hydrogen) atoms. The Morgan fingerprint density at radius 2 is 1.69 bits per heavy atom. The third kappa shape index (κ3) is 6.17. The van der Waals surface area contributed by atoms with Gasteiger partial charge in [-0.2, -0.15) is 10.5 Å². The van der Waals surface area contributed by atoms with Gasteiger partial charge in [-0.3, -0.25) is 0 Å². The maximum absolute atomic E-state index is 8.68. The minimum absolute atomic E-state index is 0.169. The molecule has 2 unspecified atom stereocenters. The molecular weight excluding hydrogens is 160 g/mol. The average Bonchev–Trinajstić information content (AvgIpc) is 2.18. The van der Waals surface area contributed by atoms with Gasteiger partial charge in [0.1, 0.15) is 0 Å². The summed E-state index contributed by atoms with van der Waals surface area (Å²) in [5.74, 6) is 0.388. The molecule has 2 nitrogen and oxygen atoms in total. The first-order chi connectivity index (χ1) is 6.24. The Labute approximate surface area is 81.2 Å². The lowest BCUT2D eigenvalue weighted by Gasteiger charge is -2.05. The van der Waals surface area contributed by atoms with Crippen LogP contribution in [-0.2, 0) is 0 Å². The van der Waals surface area contributed by atoms with Gasteiger partial charge in [0.15, 0.2) is 0 Å². The van der Waals surface area contributed by atoms with Gasteiger partial charge < -0.3 is 0 Å². The van der Waals surface area contributed by atoms with Crippen molar-refractivity contribution >= 4 is 0 Å². The molecule has 2 atom stereocenters. The summed E-state index contributed by atoms with van der Waals surface area (Å²) in [5.41, 5.74) is 0. The van der Waals surface area contributed by atoms with Crippen LogP contribution in [0.3, 0.4) is 0 Å². The molecule has 0 bridgehead atoms. The Balaban J connectivity index is 3.37. The zero-order valence-electron chi connectivity index (χ0n) is 8.58. The zero-order chi connectivity index (χ0) is 10.1. The van der Waals surface area contributed by atoms with Gasteiger partial charge in [0.25, 0.3) is 0 Å². The molecule has 0 fully saturated rings. The number of hydrogen-bond acceptors (Lipinski definition) is 2. The molecule has 0 aromatic carbocycles. The number of unbranched alkanes of at least 4 members (excludes halogenated alkanes) is 1. The van der Waals surface area contributed by atoms with Crippen LogP contribution in [0.1, 0.15) is 46.0 Å². The summed E-state index contributed by atoms with van der Waals surface area (Å²) in [5, 5.41) is 17.2. The predicted molar refractivity (Wildman–Crippen MR) is 52.6 cm³/mol. The summed E-state index contributed by atoms with van der Waals surface area (Å²) in [6.07, 6.45) is 5.07. The molecule has 2 heteroatoms. The van der Waals surface area contributed by atoms with Crippen molar-refractivity contribution in [3.8, 4) is 12.1 Å². The molecule has 0 rings (SSSR count). The molecule has 0 aliphatic carbocycles. The van der Waals surface area contributed by atoms with Crippen molar-refractivity contribution in [2.45, 2.75) is 46.0 Å². The van der Waals surface area contributed by atoms with E-state index < -0.39 is 0 Å². The number of hydrogen-bond donors (Lipinski definition) is 0. The Morgan fingerprint density at radius 1 is 1.08 bits per heavy atom. The summed E-state index contributed by atoms with van der Waals surface area (Å²) < 4.78 is 0. The standard InChI is InChI=1S/C11H18N2/c1-3-11(9-13)7-5-4-6-10(2)8-12/h10-11H,3-7H2,1-2H3. The Kier molecular flexibility index (Phi) is 7.02. The highest BCUT2D eigenvalue weighted by Gasteiger charge is 2.04. The van der Waals surface area contributed by atoms with Crippen LogP contribution in [0, 0.1) is 34.5 Å². The second-order valence-electron chi connectivity index (χ2n) is 3.55. The maximum Gasteiger partial charge on any atom is 0.0655 e. The van der Waals surface area contributed by atoms with E-state index in [1.807, 2.05) is 13.8 Å². The van der Waals surface area contributed by atoms with Gasteiger partial charge >= 0.3 is 0 Å². The zero-order valence-corrected chi connectivity index (χ0v) is 8.58. The SMILES string of the molecule is CCC(C#N)CCCCC(C)C#N. The lowest BCUT2D eigenvalue weighted by Crippen LogP contribution is -1.96. The van der Waals surface area contributed by atoms with Crippen LogP contribution >= 0.6 is 0 Å². The minimum Gasteiger partial charge on any atom is -0.198 e. The normalized spacial score (nSPS) is 14.2. The summed E-state index contributed by atoms with van der Waals surface area (Å²) in [7, 11) is 0. The van der Waals surface area contributed by atoms with Crippen LogP contribution in [0.15, 0.2) is 0 Å². The lowest BCUT2D eigenvalue weighted by atomic mass is 9.98. The Hall–Kier alpha value is -1.02. The lowest BCUT2D eigenvalue weighted by molar-refractivity contribution is 0.506. The first-order valence-corrected chi connectivity index (χ1v) is 5.03. The molecule has 0 aliphatic heterocycles. The van der Waals surface area contributed by atoms with Crippen molar-refractivity contribution in [1.82, 2.24) is 0 Å². The fourth-order valence-electron chi connectivity index (χ4n) is 1.27. The second kappa shape index (κ2) is 7.62. The van der Waals surface area contributed by atoms with Crippen molar-refractivity contribution in [1.29, 1.82) is 10.5 Å². The smallest absolute Gasteiger partial charge is 0.0655 e. The largest absolute Gasteiger partial charge is 0.198 e. The van der Waals surface area contributed by atoms with E-state index in [0.717, 1.165) is 32.1 Å². The summed E-state index contributed by atoms with van der Waals surface area (Å²) in [6, 6.07) is 4.50. The number of nitrogens with zero attached hydrogens (tertiary/aromatic N) is 2. The third-order valence-corrected chi connectivity index (χ3v) is 2.34. The van der Waals surface area contributed by atoms with Gasteiger partial charge in [-0.1, -0.05) is 19.8 Å². The van der Waals surface area contributed by atoms with Crippen LogP contribution in [0.25, 0.3) is 0 Å². The van der Waals surface area contributed by atoms with Gasteiger partial charge in [-0.25, -0.2) is 0 Å². The molecule has 0 heterocycles. The fourth-order valence-corrected chi connectivity index (χ4v) is 1.27. The highest BCUT2D eigenvalue weighted by molar-refractivity contribution is 4.82. The van der Waals surface area contributed by atoms with Crippen molar-refractivity contribution in [2.75, 3.05) is 0 Å². The molecule has 0 amide bonds. The van der Waals surface area contributed by atoms with Gasteiger partial charge in [0.2, 0.25) is 0 Å². The minimum atomic E-state index is 0.169. The van der Waals surface area contributed by atoms with Crippen LogP contribution < -0.4 is 0 Å². The summed E-state index contributed by atoms with van der Waals surface area (Å²) >= 11 is 0. The average molecular weight is 178 g/mol. The van der Waals surface area contributed by atoms with E-state index >= 15 is 0 Å². The van der Waals surface area contributed by atoms with Crippen molar-refractivity contribution in [3.63, 3.8) is 0 Å². The van der Waals surface area contributed by atoms with Crippen molar-refractivity contribution < 1.29 is 0 Å². The van der Waals surface area contributed by atoms with Gasteiger partial charge in [0, 0.05) is 11.8 Å².